The van der Waals surface area contributed by atoms with E-state index in [4.69, 9.17) is 0 Å². The van der Waals surface area contributed by atoms with Crippen molar-refractivity contribution in [2.24, 2.45) is 0 Å². The largest absolute Gasteiger partial charge is 0.314 e. The number of benzene rings is 1. The summed E-state index contributed by atoms with van der Waals surface area (Å²) in [6, 6.07) is 9.56. The molecule has 0 saturated carbocycles. The second-order valence-corrected chi connectivity index (χ2v) is 4.12. The van der Waals surface area contributed by atoms with Crippen molar-refractivity contribution in [3.8, 4) is 0 Å². The fourth-order valence-corrected chi connectivity index (χ4v) is 2.30. The molecule has 1 aliphatic rings. The number of nitrogens with one attached hydrogen (secondary N) is 1. The Morgan fingerprint density at radius 1 is 1.29 bits per heavy atom. The summed E-state index contributed by atoms with van der Waals surface area (Å²) in [6.07, 6.45) is 5.06. The SMILES string of the molecule is CCc1ccccc1CC1CCCN1. The highest BCUT2D eigenvalue weighted by atomic mass is 14.9. The summed E-state index contributed by atoms with van der Waals surface area (Å²) < 4.78 is 0. The Morgan fingerprint density at radius 3 is 2.71 bits per heavy atom. The maximum Gasteiger partial charge on any atom is 0.0108 e. The van der Waals surface area contributed by atoms with Gasteiger partial charge in [-0.2, -0.15) is 0 Å². The molecule has 1 heteroatoms. The van der Waals surface area contributed by atoms with Crippen LogP contribution in [0.25, 0.3) is 0 Å². The molecule has 1 saturated heterocycles. The van der Waals surface area contributed by atoms with Crippen LogP contribution in [0.4, 0.5) is 0 Å². The van der Waals surface area contributed by atoms with Crippen LogP contribution in [0.15, 0.2) is 24.3 Å². The molecule has 76 valence electrons. The van der Waals surface area contributed by atoms with E-state index in [1.165, 1.54) is 36.9 Å². The van der Waals surface area contributed by atoms with Crippen molar-refractivity contribution in [1.82, 2.24) is 5.32 Å². The molecule has 1 heterocycles. The quantitative estimate of drug-likeness (QED) is 0.770. The van der Waals surface area contributed by atoms with E-state index >= 15 is 0 Å². The van der Waals surface area contributed by atoms with Gasteiger partial charge in [-0.1, -0.05) is 31.2 Å². The lowest BCUT2D eigenvalue weighted by Crippen LogP contribution is -2.24. The summed E-state index contributed by atoms with van der Waals surface area (Å²) in [5.74, 6) is 0. The lowest BCUT2D eigenvalue weighted by atomic mass is 9.98. The molecular formula is C13H19N. The smallest absolute Gasteiger partial charge is 0.0108 e. The Bertz CT molecular complexity index is 287. The van der Waals surface area contributed by atoms with Gasteiger partial charge in [-0.05, 0) is 43.4 Å². The second-order valence-electron chi connectivity index (χ2n) is 4.12. The van der Waals surface area contributed by atoms with Gasteiger partial charge >= 0.3 is 0 Å². The number of aryl methyl sites for hydroxylation is 1. The second kappa shape index (κ2) is 4.61. The van der Waals surface area contributed by atoms with Crippen molar-refractivity contribution >= 4 is 0 Å². The predicted octanol–water partition coefficient (Wildman–Crippen LogP) is 2.54. The van der Waals surface area contributed by atoms with Gasteiger partial charge in [-0.15, -0.1) is 0 Å². The standard InChI is InChI=1S/C13H19N/c1-2-11-6-3-4-7-12(11)10-13-8-5-9-14-13/h3-4,6-7,13-14H,2,5,8-10H2,1H3. The first-order valence-electron chi connectivity index (χ1n) is 5.70. The summed E-state index contributed by atoms with van der Waals surface area (Å²) >= 11 is 0. The summed E-state index contributed by atoms with van der Waals surface area (Å²) in [7, 11) is 0. The van der Waals surface area contributed by atoms with Gasteiger partial charge in [0.2, 0.25) is 0 Å². The molecule has 1 aliphatic heterocycles. The normalized spacial score (nSPS) is 21.4. The molecule has 0 bridgehead atoms. The van der Waals surface area contributed by atoms with Gasteiger partial charge in [0.05, 0.1) is 0 Å². The molecule has 1 nitrogen and oxygen atoms in total. The van der Waals surface area contributed by atoms with Crippen LogP contribution >= 0.6 is 0 Å². The summed E-state index contributed by atoms with van der Waals surface area (Å²) in [6.45, 7) is 3.44. The van der Waals surface area contributed by atoms with Gasteiger partial charge in [0.15, 0.2) is 0 Å². The Balaban J connectivity index is 2.07. The van der Waals surface area contributed by atoms with Crippen LogP contribution in [-0.2, 0) is 12.8 Å². The zero-order valence-electron chi connectivity index (χ0n) is 8.92. The maximum atomic E-state index is 3.56. The topological polar surface area (TPSA) is 12.0 Å². The van der Waals surface area contributed by atoms with Gasteiger partial charge in [0.25, 0.3) is 0 Å². The third kappa shape index (κ3) is 2.16. The monoisotopic (exact) mass is 189 g/mol. The molecule has 0 spiro atoms. The van der Waals surface area contributed by atoms with E-state index < -0.39 is 0 Å². The molecule has 0 aliphatic carbocycles. The molecule has 0 radical (unpaired) electrons. The number of rotatable bonds is 3. The Morgan fingerprint density at radius 2 is 2.07 bits per heavy atom. The molecule has 0 aromatic heterocycles. The van der Waals surface area contributed by atoms with E-state index in [2.05, 4.69) is 36.5 Å². The van der Waals surface area contributed by atoms with Crippen molar-refractivity contribution < 1.29 is 0 Å². The molecule has 2 rings (SSSR count). The summed E-state index contributed by atoms with van der Waals surface area (Å²) in [5.41, 5.74) is 3.05. The van der Waals surface area contributed by atoms with Gasteiger partial charge in [0.1, 0.15) is 0 Å². The van der Waals surface area contributed by atoms with Crippen LogP contribution in [0.3, 0.4) is 0 Å². The molecule has 1 aromatic rings. The van der Waals surface area contributed by atoms with Crippen molar-refractivity contribution in [2.45, 2.75) is 38.6 Å². The minimum absolute atomic E-state index is 0.725. The van der Waals surface area contributed by atoms with Crippen molar-refractivity contribution in [3.05, 3.63) is 35.4 Å². The van der Waals surface area contributed by atoms with E-state index in [1.807, 2.05) is 0 Å². The van der Waals surface area contributed by atoms with Crippen LogP contribution in [0.2, 0.25) is 0 Å². The van der Waals surface area contributed by atoms with Gasteiger partial charge in [-0.3, -0.25) is 0 Å². The van der Waals surface area contributed by atoms with Crippen molar-refractivity contribution in [3.63, 3.8) is 0 Å². The zero-order valence-corrected chi connectivity index (χ0v) is 8.92. The maximum absolute atomic E-state index is 3.56. The average Bonchev–Trinajstić information content (AvgIpc) is 2.71. The van der Waals surface area contributed by atoms with E-state index in [0.717, 1.165) is 12.5 Å². The lowest BCUT2D eigenvalue weighted by Gasteiger charge is -2.13. The van der Waals surface area contributed by atoms with Gasteiger partial charge in [0, 0.05) is 6.04 Å². The molecule has 14 heavy (non-hydrogen) atoms. The molecule has 1 N–H and O–H groups in total. The molecule has 0 amide bonds. The summed E-state index contributed by atoms with van der Waals surface area (Å²) in [4.78, 5) is 0. The average molecular weight is 189 g/mol. The van der Waals surface area contributed by atoms with E-state index in [0.29, 0.717) is 0 Å². The van der Waals surface area contributed by atoms with E-state index in [-0.39, 0.29) is 0 Å². The van der Waals surface area contributed by atoms with Crippen molar-refractivity contribution in [2.75, 3.05) is 6.54 Å². The van der Waals surface area contributed by atoms with Crippen LogP contribution in [0.1, 0.15) is 30.9 Å². The Kier molecular flexibility index (Phi) is 3.20. The third-order valence-electron chi connectivity index (χ3n) is 3.13. The van der Waals surface area contributed by atoms with E-state index in [1.54, 1.807) is 0 Å². The molecule has 1 aromatic carbocycles. The van der Waals surface area contributed by atoms with Gasteiger partial charge < -0.3 is 5.32 Å². The Hall–Kier alpha value is -0.820. The molecule has 1 atom stereocenters. The zero-order chi connectivity index (χ0) is 9.80. The van der Waals surface area contributed by atoms with E-state index in [9.17, 15) is 0 Å². The third-order valence-corrected chi connectivity index (χ3v) is 3.13. The van der Waals surface area contributed by atoms with Crippen LogP contribution < -0.4 is 5.32 Å². The van der Waals surface area contributed by atoms with Crippen LogP contribution in [0, 0.1) is 0 Å². The summed E-state index contributed by atoms with van der Waals surface area (Å²) in [5, 5.41) is 3.56. The van der Waals surface area contributed by atoms with Crippen molar-refractivity contribution in [1.29, 1.82) is 0 Å². The Labute approximate surface area is 86.5 Å². The van der Waals surface area contributed by atoms with Gasteiger partial charge in [-0.25, -0.2) is 0 Å². The fourth-order valence-electron chi connectivity index (χ4n) is 2.30. The first kappa shape index (κ1) is 9.72. The molecular weight excluding hydrogens is 170 g/mol. The molecule has 1 fully saturated rings. The number of hydrogen-bond donors (Lipinski definition) is 1. The van der Waals surface area contributed by atoms with Crippen LogP contribution in [0.5, 0.6) is 0 Å². The highest BCUT2D eigenvalue weighted by molar-refractivity contribution is 5.27. The first-order valence-corrected chi connectivity index (χ1v) is 5.70. The fraction of sp³-hybridized carbons (Fsp3) is 0.538. The number of hydrogen-bond acceptors (Lipinski definition) is 1. The lowest BCUT2D eigenvalue weighted by molar-refractivity contribution is 0.600. The molecule has 1 unspecified atom stereocenters. The predicted molar refractivity (Wildman–Crippen MR) is 60.5 cm³/mol. The minimum atomic E-state index is 0.725. The van der Waals surface area contributed by atoms with Crippen LogP contribution in [-0.4, -0.2) is 12.6 Å². The highest BCUT2D eigenvalue weighted by Crippen LogP contribution is 2.16. The first-order chi connectivity index (χ1) is 6.90. The minimum Gasteiger partial charge on any atom is -0.314 e. The highest BCUT2D eigenvalue weighted by Gasteiger charge is 2.15.